The van der Waals surface area contributed by atoms with Gasteiger partial charge in [-0.25, -0.2) is 5.43 Å². The first-order chi connectivity index (χ1) is 10.1. The number of rotatable bonds is 3. The molecule has 1 aromatic carbocycles. The maximum atomic E-state index is 11.6. The molecule has 22 heavy (non-hydrogen) atoms. The lowest BCUT2D eigenvalue weighted by molar-refractivity contribution is -0.139. The largest absolute Gasteiger partial charge is 0.346 e. The molecule has 0 saturated heterocycles. The van der Waals surface area contributed by atoms with Gasteiger partial charge >= 0.3 is 11.8 Å². The van der Waals surface area contributed by atoms with Crippen LogP contribution in [0, 0.1) is 0 Å². The number of nitrogens with one attached hydrogen (secondary N) is 2. The number of hydrazone groups is 1. The van der Waals surface area contributed by atoms with E-state index in [1.165, 1.54) is 5.56 Å². The Morgan fingerprint density at radius 1 is 1.05 bits per heavy atom. The number of hydrogen-bond acceptors (Lipinski definition) is 3. The number of benzene rings is 1. The van der Waals surface area contributed by atoms with E-state index in [1.54, 1.807) is 20.8 Å². The predicted molar refractivity (Wildman–Crippen MR) is 88.8 cm³/mol. The van der Waals surface area contributed by atoms with Crippen molar-refractivity contribution in [2.45, 2.75) is 53.0 Å². The molecular weight excluding hydrogens is 278 g/mol. The molecule has 1 rings (SSSR count). The Hall–Kier alpha value is -2.17. The summed E-state index contributed by atoms with van der Waals surface area (Å²) in [4.78, 5) is 23.0. The summed E-state index contributed by atoms with van der Waals surface area (Å²) in [5.74, 6) is -1.45. The van der Waals surface area contributed by atoms with Gasteiger partial charge in [0.25, 0.3) is 0 Å². The normalized spacial score (nSPS) is 12.2. The van der Waals surface area contributed by atoms with Crippen molar-refractivity contribution >= 4 is 17.5 Å². The Kier molecular flexibility index (Phi) is 5.85. The summed E-state index contributed by atoms with van der Waals surface area (Å²) >= 11 is 0. The monoisotopic (exact) mass is 303 g/mol. The minimum absolute atomic E-state index is 0.0896. The van der Waals surface area contributed by atoms with Crippen LogP contribution in [0.15, 0.2) is 29.4 Å². The lowest BCUT2D eigenvalue weighted by atomic mass is 9.86. The second-order valence-corrected chi connectivity index (χ2v) is 6.59. The van der Waals surface area contributed by atoms with E-state index in [4.69, 9.17) is 0 Å². The number of nitrogens with zero attached hydrogens (tertiary/aromatic N) is 1. The van der Waals surface area contributed by atoms with E-state index >= 15 is 0 Å². The molecule has 0 spiro atoms. The summed E-state index contributed by atoms with van der Waals surface area (Å²) in [6.45, 7) is 11.8. The van der Waals surface area contributed by atoms with Crippen molar-refractivity contribution in [2.75, 3.05) is 0 Å². The molecule has 0 aliphatic carbocycles. The van der Waals surface area contributed by atoms with E-state index in [2.05, 4.69) is 36.6 Å². The van der Waals surface area contributed by atoms with Gasteiger partial charge in [0.1, 0.15) is 0 Å². The molecule has 5 heteroatoms. The van der Waals surface area contributed by atoms with Gasteiger partial charge in [0.2, 0.25) is 0 Å². The van der Waals surface area contributed by atoms with E-state index in [0.717, 1.165) is 5.56 Å². The van der Waals surface area contributed by atoms with Crippen molar-refractivity contribution in [1.82, 2.24) is 10.7 Å². The van der Waals surface area contributed by atoms with Gasteiger partial charge in [-0.05, 0) is 37.3 Å². The summed E-state index contributed by atoms with van der Waals surface area (Å²) in [6.07, 6.45) is 0. The molecule has 0 unspecified atom stereocenters. The fourth-order valence-corrected chi connectivity index (χ4v) is 1.79. The van der Waals surface area contributed by atoms with Crippen LogP contribution in [0.3, 0.4) is 0 Å². The van der Waals surface area contributed by atoms with Crippen molar-refractivity contribution in [3.05, 3.63) is 35.4 Å². The molecule has 0 fully saturated rings. The molecule has 2 N–H and O–H groups in total. The summed E-state index contributed by atoms with van der Waals surface area (Å²) in [7, 11) is 0. The summed E-state index contributed by atoms with van der Waals surface area (Å²) in [5.41, 5.74) is 5.13. The maximum Gasteiger partial charge on any atom is 0.329 e. The lowest BCUT2D eigenvalue weighted by Crippen LogP contribution is -2.41. The third kappa shape index (κ3) is 5.31. The van der Waals surface area contributed by atoms with E-state index in [9.17, 15) is 9.59 Å². The zero-order valence-electron chi connectivity index (χ0n) is 14.2. The zero-order chi connectivity index (χ0) is 16.9. The van der Waals surface area contributed by atoms with Crippen LogP contribution >= 0.6 is 0 Å². The fraction of sp³-hybridized carbons (Fsp3) is 0.471. The highest BCUT2D eigenvalue weighted by molar-refractivity contribution is 6.35. The minimum Gasteiger partial charge on any atom is -0.346 e. The Balaban J connectivity index is 2.73. The number of carbonyl (C=O) groups excluding carboxylic acids is 2. The smallest absolute Gasteiger partial charge is 0.329 e. The van der Waals surface area contributed by atoms with Gasteiger partial charge in [-0.3, -0.25) is 9.59 Å². The molecule has 120 valence electrons. The van der Waals surface area contributed by atoms with Crippen LogP contribution in [0.4, 0.5) is 0 Å². The summed E-state index contributed by atoms with van der Waals surface area (Å²) in [5, 5.41) is 6.48. The minimum atomic E-state index is -0.764. The quantitative estimate of drug-likeness (QED) is 0.511. The number of amides is 2. The molecule has 5 nitrogen and oxygen atoms in total. The topological polar surface area (TPSA) is 70.6 Å². The van der Waals surface area contributed by atoms with Crippen molar-refractivity contribution in [1.29, 1.82) is 0 Å². The SMILES string of the molecule is C/C(=N/NC(=O)C(=O)NC(C)C)c1ccc(C(C)(C)C)cc1. The van der Waals surface area contributed by atoms with Gasteiger partial charge in [-0.2, -0.15) is 5.10 Å². The maximum absolute atomic E-state index is 11.6. The standard InChI is InChI=1S/C17H25N3O2/c1-11(2)18-15(21)16(22)20-19-12(3)13-7-9-14(10-8-13)17(4,5)6/h7-11H,1-6H3,(H,18,21)(H,20,22)/b19-12-. The third-order valence-corrected chi connectivity index (χ3v) is 3.12. The molecule has 0 atom stereocenters. The summed E-state index contributed by atoms with van der Waals surface area (Å²) < 4.78 is 0. The van der Waals surface area contributed by atoms with E-state index < -0.39 is 11.8 Å². The Morgan fingerprint density at radius 2 is 1.59 bits per heavy atom. The first-order valence-corrected chi connectivity index (χ1v) is 7.37. The molecular formula is C17H25N3O2. The highest BCUT2D eigenvalue weighted by Crippen LogP contribution is 2.22. The van der Waals surface area contributed by atoms with Crippen LogP contribution in [-0.4, -0.2) is 23.6 Å². The van der Waals surface area contributed by atoms with Gasteiger partial charge in [0.15, 0.2) is 0 Å². The molecule has 0 aromatic heterocycles. The van der Waals surface area contributed by atoms with Gasteiger partial charge in [0.05, 0.1) is 5.71 Å². The van der Waals surface area contributed by atoms with Gasteiger partial charge in [-0.15, -0.1) is 0 Å². The third-order valence-electron chi connectivity index (χ3n) is 3.12. The summed E-state index contributed by atoms with van der Waals surface area (Å²) in [6, 6.07) is 7.91. The van der Waals surface area contributed by atoms with Gasteiger partial charge < -0.3 is 5.32 Å². The predicted octanol–water partition coefficient (Wildman–Crippen LogP) is 2.35. The van der Waals surface area contributed by atoms with Crippen LogP contribution in [-0.2, 0) is 15.0 Å². The van der Waals surface area contributed by atoms with E-state index in [0.29, 0.717) is 5.71 Å². The molecule has 1 aromatic rings. The highest BCUT2D eigenvalue weighted by atomic mass is 16.2. The first-order valence-electron chi connectivity index (χ1n) is 7.37. The van der Waals surface area contributed by atoms with Crippen molar-refractivity contribution in [3.63, 3.8) is 0 Å². The van der Waals surface area contributed by atoms with Crippen LogP contribution in [0.5, 0.6) is 0 Å². The van der Waals surface area contributed by atoms with Crippen molar-refractivity contribution < 1.29 is 9.59 Å². The zero-order valence-corrected chi connectivity index (χ0v) is 14.2. The van der Waals surface area contributed by atoms with Gasteiger partial charge in [0, 0.05) is 6.04 Å². The van der Waals surface area contributed by atoms with E-state index in [-0.39, 0.29) is 11.5 Å². The first kappa shape index (κ1) is 17.9. The molecule has 0 saturated carbocycles. The fourth-order valence-electron chi connectivity index (χ4n) is 1.79. The van der Waals surface area contributed by atoms with Crippen LogP contribution in [0.25, 0.3) is 0 Å². The van der Waals surface area contributed by atoms with Crippen molar-refractivity contribution in [3.8, 4) is 0 Å². The van der Waals surface area contributed by atoms with Crippen LogP contribution < -0.4 is 10.7 Å². The van der Waals surface area contributed by atoms with Gasteiger partial charge in [-0.1, -0.05) is 45.0 Å². The van der Waals surface area contributed by atoms with Crippen molar-refractivity contribution in [2.24, 2.45) is 5.10 Å². The molecule has 0 aliphatic rings. The Bertz CT molecular complexity index is 567. The molecule has 0 radical (unpaired) electrons. The second kappa shape index (κ2) is 7.20. The molecule has 0 aliphatic heterocycles. The van der Waals surface area contributed by atoms with Crippen LogP contribution in [0.1, 0.15) is 52.7 Å². The highest BCUT2D eigenvalue weighted by Gasteiger charge is 2.15. The van der Waals surface area contributed by atoms with Crippen LogP contribution in [0.2, 0.25) is 0 Å². The average Bonchev–Trinajstić information content (AvgIpc) is 2.42. The Labute approximate surface area is 132 Å². The lowest BCUT2D eigenvalue weighted by Gasteiger charge is -2.19. The molecule has 2 amide bonds. The number of carbonyl (C=O) groups is 2. The van der Waals surface area contributed by atoms with E-state index in [1.807, 2.05) is 24.3 Å². The second-order valence-electron chi connectivity index (χ2n) is 6.59. The molecule has 0 bridgehead atoms. The average molecular weight is 303 g/mol. The molecule has 0 heterocycles. The number of hydrogen-bond donors (Lipinski definition) is 2. The Morgan fingerprint density at radius 3 is 2.05 bits per heavy atom.